The van der Waals surface area contributed by atoms with Crippen molar-refractivity contribution in [3.05, 3.63) is 77.3 Å². The number of hydrogen-bond acceptors (Lipinski definition) is 1. The summed E-state index contributed by atoms with van der Waals surface area (Å²) in [5, 5.41) is 7.79. The molecule has 0 fully saturated rings. The molecule has 0 bridgehead atoms. The van der Waals surface area contributed by atoms with Crippen LogP contribution in [0.25, 0.3) is 59.4 Å². The molecule has 1 aliphatic carbocycles. The summed E-state index contributed by atoms with van der Waals surface area (Å²) in [6.45, 7) is 4.79. The molecule has 8 rings (SSSR count). The van der Waals surface area contributed by atoms with Gasteiger partial charge in [0.25, 0.3) is 0 Å². The van der Waals surface area contributed by atoms with Crippen LogP contribution in [0.5, 0.6) is 0 Å². The van der Waals surface area contributed by atoms with Crippen LogP contribution in [0.2, 0.25) is 0 Å². The third-order valence-corrected chi connectivity index (χ3v) is 8.65. The molecule has 0 unspecified atom stereocenters. The molecule has 0 aliphatic heterocycles. The highest BCUT2D eigenvalue weighted by atomic mass is 32.1. The smallest absolute Gasteiger partial charge is 0.0647 e. The van der Waals surface area contributed by atoms with E-state index < -0.39 is 0 Å². The van der Waals surface area contributed by atoms with E-state index in [0.29, 0.717) is 0 Å². The highest BCUT2D eigenvalue weighted by molar-refractivity contribution is 7.18. The fourth-order valence-corrected chi connectivity index (χ4v) is 7.36. The fraction of sp³-hybridized carbons (Fsp3) is 0.143. The molecule has 0 saturated heterocycles. The second-order valence-corrected chi connectivity index (χ2v) is 10.4. The van der Waals surface area contributed by atoms with E-state index in [9.17, 15) is 0 Å². The number of aromatic nitrogens is 2. The standard InChI is InChI=1S/C28H20N2S/c1-28(2)18-9-5-4-7-15(18)22-16-8-6-10-19-23(16)24-20(29(19)3)12-11-17-25(24)30(27(22)28)21-13-14-31-26(17)21/h4-14H,1-3H3. The lowest BCUT2D eigenvalue weighted by Crippen LogP contribution is -2.18. The molecule has 4 aromatic heterocycles. The molecule has 0 saturated carbocycles. The third kappa shape index (κ3) is 1.61. The van der Waals surface area contributed by atoms with Crippen LogP contribution in [-0.2, 0) is 12.5 Å². The lowest BCUT2D eigenvalue weighted by Gasteiger charge is -2.22. The largest absolute Gasteiger partial charge is 0.344 e. The zero-order valence-corrected chi connectivity index (χ0v) is 18.5. The third-order valence-electron chi connectivity index (χ3n) is 7.72. The number of rotatable bonds is 0. The van der Waals surface area contributed by atoms with Crippen molar-refractivity contribution in [3.63, 3.8) is 0 Å². The number of benzene rings is 3. The second-order valence-electron chi connectivity index (χ2n) is 9.48. The van der Waals surface area contributed by atoms with Crippen molar-refractivity contribution in [2.24, 2.45) is 7.05 Å². The number of fused-ring (bicyclic) bond motifs is 8. The zero-order chi connectivity index (χ0) is 20.6. The first-order valence-corrected chi connectivity index (χ1v) is 11.7. The van der Waals surface area contributed by atoms with Gasteiger partial charge >= 0.3 is 0 Å². The molecular weight excluding hydrogens is 396 g/mol. The van der Waals surface area contributed by atoms with Crippen LogP contribution in [0.3, 0.4) is 0 Å². The van der Waals surface area contributed by atoms with Gasteiger partial charge in [0, 0.05) is 45.4 Å². The number of aryl methyl sites for hydroxylation is 1. The zero-order valence-electron chi connectivity index (χ0n) is 17.7. The van der Waals surface area contributed by atoms with Crippen molar-refractivity contribution >= 4 is 59.6 Å². The van der Waals surface area contributed by atoms with Gasteiger partial charge in [-0.05, 0) is 46.2 Å². The van der Waals surface area contributed by atoms with Crippen molar-refractivity contribution in [1.29, 1.82) is 0 Å². The van der Waals surface area contributed by atoms with Gasteiger partial charge in [-0.25, -0.2) is 0 Å². The van der Waals surface area contributed by atoms with Gasteiger partial charge in [-0.3, -0.25) is 0 Å². The van der Waals surface area contributed by atoms with Gasteiger partial charge in [0.1, 0.15) is 0 Å². The normalized spacial score (nSPS) is 15.2. The minimum Gasteiger partial charge on any atom is -0.344 e. The molecular formula is C28H20N2S. The SMILES string of the molecule is Cn1c2cccc3c4c(n5c6ccsc6c6ccc1c(c32)c65)C(C)(C)c1ccccc1-4. The van der Waals surface area contributed by atoms with Crippen molar-refractivity contribution in [3.8, 4) is 11.1 Å². The van der Waals surface area contributed by atoms with Gasteiger partial charge in [0.15, 0.2) is 0 Å². The maximum Gasteiger partial charge on any atom is 0.0647 e. The topological polar surface area (TPSA) is 9.34 Å². The summed E-state index contributed by atoms with van der Waals surface area (Å²) in [6, 6.07) is 22.8. The van der Waals surface area contributed by atoms with Crippen molar-refractivity contribution in [2.75, 3.05) is 0 Å². The quantitative estimate of drug-likeness (QED) is 0.240. The molecule has 3 aromatic carbocycles. The Bertz CT molecular complexity index is 1870. The number of hydrogen-bond donors (Lipinski definition) is 0. The Morgan fingerprint density at radius 2 is 1.61 bits per heavy atom. The Balaban J connectivity index is 1.87. The minimum absolute atomic E-state index is 0.0806. The first-order chi connectivity index (χ1) is 15.1. The van der Waals surface area contributed by atoms with E-state index in [-0.39, 0.29) is 5.41 Å². The van der Waals surface area contributed by atoms with Gasteiger partial charge in [-0.2, -0.15) is 0 Å². The molecule has 2 nitrogen and oxygen atoms in total. The fourth-order valence-electron chi connectivity index (χ4n) is 6.45. The molecule has 0 atom stereocenters. The molecule has 7 aromatic rings. The lowest BCUT2D eigenvalue weighted by molar-refractivity contribution is 0.632. The first kappa shape index (κ1) is 16.4. The van der Waals surface area contributed by atoms with E-state index in [2.05, 4.69) is 95.9 Å². The molecule has 0 amide bonds. The molecule has 1 aliphatic rings. The summed E-state index contributed by atoms with van der Waals surface area (Å²) >= 11 is 1.86. The van der Waals surface area contributed by atoms with E-state index in [1.54, 1.807) is 0 Å². The van der Waals surface area contributed by atoms with E-state index in [4.69, 9.17) is 0 Å². The molecule has 148 valence electrons. The van der Waals surface area contributed by atoms with E-state index in [1.807, 2.05) is 11.3 Å². The molecule has 4 heterocycles. The predicted octanol–water partition coefficient (Wildman–Crippen LogP) is 7.70. The average molecular weight is 417 g/mol. The summed E-state index contributed by atoms with van der Waals surface area (Å²) < 4.78 is 6.38. The maximum atomic E-state index is 2.61. The summed E-state index contributed by atoms with van der Waals surface area (Å²) in [7, 11) is 2.21. The molecule has 0 spiro atoms. The molecule has 31 heavy (non-hydrogen) atoms. The monoisotopic (exact) mass is 416 g/mol. The van der Waals surface area contributed by atoms with Gasteiger partial charge in [-0.15, -0.1) is 11.3 Å². The van der Waals surface area contributed by atoms with Crippen LogP contribution >= 0.6 is 11.3 Å². The lowest BCUT2D eigenvalue weighted by atomic mass is 9.85. The van der Waals surface area contributed by atoms with Crippen molar-refractivity contribution in [2.45, 2.75) is 19.3 Å². The Kier molecular flexibility index (Phi) is 2.62. The Morgan fingerprint density at radius 1 is 0.774 bits per heavy atom. The van der Waals surface area contributed by atoms with Gasteiger partial charge in [-0.1, -0.05) is 50.2 Å². The predicted molar refractivity (Wildman–Crippen MR) is 133 cm³/mol. The van der Waals surface area contributed by atoms with Crippen molar-refractivity contribution < 1.29 is 0 Å². The van der Waals surface area contributed by atoms with E-state index in [1.165, 1.54) is 70.7 Å². The Labute approximate surface area is 183 Å². The van der Waals surface area contributed by atoms with E-state index >= 15 is 0 Å². The summed E-state index contributed by atoms with van der Waals surface area (Å²) in [5.74, 6) is 0. The molecule has 0 N–H and O–H groups in total. The molecule has 0 radical (unpaired) electrons. The van der Waals surface area contributed by atoms with Crippen LogP contribution < -0.4 is 0 Å². The van der Waals surface area contributed by atoms with Gasteiger partial charge < -0.3 is 8.97 Å². The van der Waals surface area contributed by atoms with E-state index in [0.717, 1.165) is 0 Å². The van der Waals surface area contributed by atoms with Crippen molar-refractivity contribution in [1.82, 2.24) is 8.97 Å². The Hall–Kier alpha value is -3.30. The van der Waals surface area contributed by atoms with Gasteiger partial charge in [0.2, 0.25) is 0 Å². The van der Waals surface area contributed by atoms with Crippen LogP contribution in [0.4, 0.5) is 0 Å². The van der Waals surface area contributed by atoms with Gasteiger partial charge in [0.05, 0.1) is 21.3 Å². The minimum atomic E-state index is -0.0806. The van der Waals surface area contributed by atoms with Crippen LogP contribution in [0.15, 0.2) is 66.0 Å². The summed E-state index contributed by atoms with van der Waals surface area (Å²) in [5.41, 5.74) is 10.9. The second kappa shape index (κ2) is 4.95. The number of nitrogens with zero attached hydrogens (tertiary/aromatic N) is 2. The molecule has 3 heteroatoms. The summed E-state index contributed by atoms with van der Waals surface area (Å²) in [4.78, 5) is 0. The first-order valence-electron chi connectivity index (χ1n) is 10.9. The average Bonchev–Trinajstić information content (AvgIpc) is 3.46. The van der Waals surface area contributed by atoms with Crippen LogP contribution in [0, 0.1) is 0 Å². The maximum absolute atomic E-state index is 2.61. The van der Waals surface area contributed by atoms with Crippen LogP contribution in [0.1, 0.15) is 25.1 Å². The highest BCUT2D eigenvalue weighted by Crippen LogP contribution is 2.54. The summed E-state index contributed by atoms with van der Waals surface area (Å²) in [6.07, 6.45) is 0. The Morgan fingerprint density at radius 3 is 2.52 bits per heavy atom. The van der Waals surface area contributed by atoms with Crippen LogP contribution in [-0.4, -0.2) is 8.97 Å². The number of thiophene rings is 1. The highest BCUT2D eigenvalue weighted by Gasteiger charge is 2.39.